The highest BCUT2D eigenvalue weighted by Gasteiger charge is 2.39. The van der Waals surface area contributed by atoms with E-state index in [4.69, 9.17) is 25.8 Å². The molecule has 32 heavy (non-hydrogen) atoms. The summed E-state index contributed by atoms with van der Waals surface area (Å²) >= 11 is 7.49. The van der Waals surface area contributed by atoms with Gasteiger partial charge < -0.3 is 19.1 Å². The van der Waals surface area contributed by atoms with Crippen molar-refractivity contribution in [3.05, 3.63) is 57.6 Å². The number of carbonyl (C=O) groups excluding carboxylic acids is 1. The third kappa shape index (κ3) is 3.94. The number of fused-ring (bicyclic) bond motifs is 1. The number of ether oxygens (including phenoxy) is 3. The van der Waals surface area contributed by atoms with E-state index in [0.717, 1.165) is 11.3 Å². The molecule has 0 aromatic heterocycles. The average molecular weight is 472 g/mol. The summed E-state index contributed by atoms with van der Waals surface area (Å²) in [5, 5.41) is 11.4. The predicted octanol–water partition coefficient (Wildman–Crippen LogP) is 4.59. The molecular formula is C23H22ClN3O4S. The fourth-order valence-electron chi connectivity index (χ4n) is 3.96. The molecule has 0 radical (unpaired) electrons. The summed E-state index contributed by atoms with van der Waals surface area (Å²) in [5.74, 6) is 1.65. The summed E-state index contributed by atoms with van der Waals surface area (Å²) in [6.07, 6.45) is 0.181. The van der Waals surface area contributed by atoms with E-state index in [-0.39, 0.29) is 18.2 Å². The van der Waals surface area contributed by atoms with E-state index in [1.54, 1.807) is 31.3 Å². The third-order valence-electron chi connectivity index (χ3n) is 5.57. The zero-order valence-electron chi connectivity index (χ0n) is 17.9. The molecule has 1 saturated heterocycles. The lowest BCUT2D eigenvalue weighted by molar-refractivity contribution is -0.129. The monoisotopic (exact) mass is 471 g/mol. The second-order valence-electron chi connectivity index (χ2n) is 7.30. The first-order chi connectivity index (χ1) is 15.5. The van der Waals surface area contributed by atoms with Crippen LogP contribution in [0.4, 0.5) is 5.69 Å². The first-order valence-corrected chi connectivity index (χ1v) is 11.2. The van der Waals surface area contributed by atoms with Crippen molar-refractivity contribution in [1.82, 2.24) is 4.90 Å². The number of nitriles is 1. The number of amides is 1. The fraction of sp³-hybridized carbons (Fsp3) is 0.304. The van der Waals surface area contributed by atoms with Gasteiger partial charge in [-0.3, -0.25) is 9.69 Å². The maximum atomic E-state index is 13.2. The molecule has 9 heteroatoms. The molecule has 0 bridgehead atoms. The highest BCUT2D eigenvalue weighted by molar-refractivity contribution is 8.03. The fourth-order valence-corrected chi connectivity index (χ4v) is 5.26. The van der Waals surface area contributed by atoms with Crippen molar-refractivity contribution in [1.29, 1.82) is 5.26 Å². The summed E-state index contributed by atoms with van der Waals surface area (Å²) in [6.45, 7) is 0.385. The number of benzene rings is 2. The Labute approximate surface area is 196 Å². The van der Waals surface area contributed by atoms with E-state index in [1.807, 2.05) is 24.3 Å². The van der Waals surface area contributed by atoms with Crippen LogP contribution in [0.1, 0.15) is 17.9 Å². The Bertz CT molecular complexity index is 1090. The molecule has 0 N–H and O–H groups in total. The van der Waals surface area contributed by atoms with Crippen LogP contribution in [0.5, 0.6) is 17.2 Å². The standard InChI is InChI=1S/C23H22ClN3O4S/c1-29-19-8-14(9-20(30-2)22(19)31-3)17-10-21(28)27-12-26(13-32-23(27)18(17)11-25)16-6-4-15(24)5-7-16/h4-9,17H,10,12-13H2,1-3H3/t17-/m0/s1. The van der Waals surface area contributed by atoms with Gasteiger partial charge in [0.15, 0.2) is 11.5 Å². The molecule has 1 atom stereocenters. The molecule has 2 heterocycles. The number of nitrogens with zero attached hydrogens (tertiary/aromatic N) is 3. The van der Waals surface area contributed by atoms with Crippen LogP contribution < -0.4 is 19.1 Å². The van der Waals surface area contributed by atoms with E-state index in [9.17, 15) is 10.1 Å². The van der Waals surface area contributed by atoms with Crippen LogP contribution in [0.15, 0.2) is 47.0 Å². The lowest BCUT2D eigenvalue weighted by Gasteiger charge is -2.42. The number of thioether (sulfide) groups is 1. The van der Waals surface area contributed by atoms with Gasteiger partial charge in [0.1, 0.15) is 0 Å². The molecule has 1 amide bonds. The Morgan fingerprint density at radius 1 is 1.09 bits per heavy atom. The summed E-state index contributed by atoms with van der Waals surface area (Å²) in [4.78, 5) is 16.9. The van der Waals surface area contributed by atoms with Crippen LogP contribution in [-0.4, -0.2) is 44.7 Å². The Morgan fingerprint density at radius 2 is 1.75 bits per heavy atom. The zero-order valence-corrected chi connectivity index (χ0v) is 19.5. The number of hydrogen-bond acceptors (Lipinski definition) is 7. The van der Waals surface area contributed by atoms with Gasteiger partial charge in [-0.1, -0.05) is 23.4 Å². The molecular weight excluding hydrogens is 450 g/mol. The summed E-state index contributed by atoms with van der Waals surface area (Å²) in [6, 6.07) is 13.5. The molecule has 2 aromatic carbocycles. The van der Waals surface area contributed by atoms with E-state index < -0.39 is 0 Å². The number of rotatable bonds is 5. The zero-order chi connectivity index (χ0) is 22.8. The Kier molecular flexibility index (Phi) is 6.40. The number of methoxy groups -OCH3 is 3. The second-order valence-corrected chi connectivity index (χ2v) is 8.67. The maximum Gasteiger partial charge on any atom is 0.229 e. The molecule has 166 valence electrons. The molecule has 2 aromatic rings. The van der Waals surface area contributed by atoms with Crippen molar-refractivity contribution >= 4 is 35.0 Å². The molecule has 0 saturated carbocycles. The largest absolute Gasteiger partial charge is 0.493 e. The van der Waals surface area contributed by atoms with Crippen LogP contribution >= 0.6 is 23.4 Å². The van der Waals surface area contributed by atoms with Gasteiger partial charge in [0, 0.05) is 23.0 Å². The van der Waals surface area contributed by atoms with Gasteiger partial charge in [-0.15, -0.1) is 0 Å². The molecule has 0 unspecified atom stereocenters. The van der Waals surface area contributed by atoms with E-state index >= 15 is 0 Å². The van der Waals surface area contributed by atoms with Gasteiger partial charge in [-0.2, -0.15) is 5.26 Å². The normalized spacial score (nSPS) is 18.2. The minimum Gasteiger partial charge on any atom is -0.493 e. The van der Waals surface area contributed by atoms with Crippen molar-refractivity contribution in [2.24, 2.45) is 0 Å². The van der Waals surface area contributed by atoms with Gasteiger partial charge in [0.05, 0.1) is 50.5 Å². The molecule has 4 rings (SSSR count). The van der Waals surface area contributed by atoms with Gasteiger partial charge in [-0.05, 0) is 42.0 Å². The lowest BCUT2D eigenvalue weighted by atomic mass is 9.86. The van der Waals surface area contributed by atoms with Gasteiger partial charge in [0.2, 0.25) is 11.7 Å². The van der Waals surface area contributed by atoms with Gasteiger partial charge >= 0.3 is 0 Å². The lowest BCUT2D eigenvalue weighted by Crippen LogP contribution is -2.47. The number of halogens is 1. The van der Waals surface area contributed by atoms with Crippen LogP contribution in [0.2, 0.25) is 5.02 Å². The number of hydrogen-bond donors (Lipinski definition) is 0. The van der Waals surface area contributed by atoms with Crippen LogP contribution in [-0.2, 0) is 4.79 Å². The minimum absolute atomic E-state index is 0.0380. The summed E-state index contributed by atoms with van der Waals surface area (Å²) in [5.41, 5.74) is 2.32. The van der Waals surface area contributed by atoms with Crippen molar-refractivity contribution < 1.29 is 19.0 Å². The molecule has 2 aliphatic rings. The maximum absolute atomic E-state index is 13.2. The van der Waals surface area contributed by atoms with Crippen LogP contribution in [0.25, 0.3) is 0 Å². The first kappa shape index (κ1) is 22.2. The van der Waals surface area contributed by atoms with Crippen molar-refractivity contribution in [3.63, 3.8) is 0 Å². The van der Waals surface area contributed by atoms with E-state index in [2.05, 4.69) is 11.0 Å². The molecule has 0 aliphatic carbocycles. The molecule has 1 fully saturated rings. The Hall–Kier alpha value is -3.02. The Balaban J connectivity index is 1.70. The number of allylic oxidation sites excluding steroid dienone is 1. The quantitative estimate of drug-likeness (QED) is 0.631. The predicted molar refractivity (Wildman–Crippen MR) is 124 cm³/mol. The average Bonchev–Trinajstić information content (AvgIpc) is 2.83. The van der Waals surface area contributed by atoms with Crippen LogP contribution in [0, 0.1) is 11.3 Å². The van der Waals surface area contributed by atoms with Crippen molar-refractivity contribution in [2.75, 3.05) is 38.8 Å². The first-order valence-electron chi connectivity index (χ1n) is 9.88. The SMILES string of the molecule is COc1cc([C@@H]2CC(=O)N3CN(c4ccc(Cl)cc4)CSC3=C2C#N)cc(OC)c1OC. The highest BCUT2D eigenvalue weighted by atomic mass is 35.5. The van der Waals surface area contributed by atoms with E-state index in [1.165, 1.54) is 18.9 Å². The van der Waals surface area contributed by atoms with E-state index in [0.29, 0.717) is 45.4 Å². The number of carbonyl (C=O) groups is 1. The highest BCUT2D eigenvalue weighted by Crippen LogP contribution is 2.47. The van der Waals surface area contributed by atoms with Crippen molar-refractivity contribution in [3.8, 4) is 23.3 Å². The number of anilines is 1. The van der Waals surface area contributed by atoms with Gasteiger partial charge in [-0.25, -0.2) is 0 Å². The summed E-state index contributed by atoms with van der Waals surface area (Å²) < 4.78 is 16.3. The van der Waals surface area contributed by atoms with Gasteiger partial charge in [0.25, 0.3) is 0 Å². The van der Waals surface area contributed by atoms with Crippen molar-refractivity contribution in [2.45, 2.75) is 12.3 Å². The molecule has 0 spiro atoms. The minimum atomic E-state index is -0.387. The second kappa shape index (κ2) is 9.23. The smallest absolute Gasteiger partial charge is 0.229 e. The topological polar surface area (TPSA) is 75.0 Å². The molecule has 7 nitrogen and oxygen atoms in total. The third-order valence-corrected chi connectivity index (χ3v) is 6.98. The molecule has 2 aliphatic heterocycles. The van der Waals surface area contributed by atoms with Crippen LogP contribution in [0.3, 0.4) is 0 Å². The Morgan fingerprint density at radius 3 is 2.31 bits per heavy atom. The summed E-state index contributed by atoms with van der Waals surface area (Å²) in [7, 11) is 4.62.